The molecular weight excluding hydrogens is 276 g/mol. The van der Waals surface area contributed by atoms with E-state index in [4.69, 9.17) is 4.74 Å². The number of likely N-dealkylation sites (tertiary alicyclic amines) is 2. The van der Waals surface area contributed by atoms with E-state index in [1.807, 2.05) is 11.8 Å². The molecule has 4 heteroatoms. The molecule has 2 saturated heterocycles. The van der Waals surface area contributed by atoms with Crippen LogP contribution in [0.15, 0.2) is 0 Å². The zero-order chi connectivity index (χ0) is 15.9. The number of carbonyl (C=O) groups is 1. The lowest BCUT2D eigenvalue weighted by Crippen LogP contribution is -2.43. The fourth-order valence-electron chi connectivity index (χ4n) is 3.45. The lowest BCUT2D eigenvalue weighted by Gasteiger charge is -2.37. The maximum absolute atomic E-state index is 11.7. The number of ether oxygens (including phenoxy) is 1. The molecule has 128 valence electrons. The topological polar surface area (TPSA) is 32.8 Å². The second-order valence-electron chi connectivity index (χ2n) is 7.29. The third-order valence-corrected chi connectivity index (χ3v) is 5.04. The van der Waals surface area contributed by atoms with Crippen molar-refractivity contribution in [2.75, 3.05) is 32.7 Å². The van der Waals surface area contributed by atoms with Gasteiger partial charge in [-0.3, -0.25) is 4.79 Å². The standard InChI is InChI=1S/C18H34N2O2/c1-4-18(21)20-13-8-17(9-14-20)22-16-6-11-19(12-7-16)10-5-15(2)3/h15-17H,4-14H2,1-3H3. The molecular formula is C18H34N2O2. The van der Waals surface area contributed by atoms with Gasteiger partial charge in [0.15, 0.2) is 0 Å². The first-order valence-electron chi connectivity index (χ1n) is 9.24. The molecule has 0 aromatic carbocycles. The number of hydrogen-bond acceptors (Lipinski definition) is 3. The van der Waals surface area contributed by atoms with Gasteiger partial charge in [0.2, 0.25) is 5.91 Å². The normalized spacial score (nSPS) is 22.5. The molecule has 0 N–H and O–H groups in total. The van der Waals surface area contributed by atoms with Crippen molar-refractivity contribution in [1.82, 2.24) is 9.80 Å². The lowest BCUT2D eigenvalue weighted by atomic mass is 10.0. The van der Waals surface area contributed by atoms with Gasteiger partial charge in [-0.25, -0.2) is 0 Å². The second-order valence-corrected chi connectivity index (χ2v) is 7.29. The molecule has 1 amide bonds. The smallest absolute Gasteiger partial charge is 0.222 e. The van der Waals surface area contributed by atoms with Gasteiger partial charge in [-0.1, -0.05) is 20.8 Å². The minimum absolute atomic E-state index is 0.289. The van der Waals surface area contributed by atoms with Gasteiger partial charge in [0.25, 0.3) is 0 Å². The van der Waals surface area contributed by atoms with Gasteiger partial charge in [-0.05, 0) is 44.6 Å². The molecule has 0 saturated carbocycles. The van der Waals surface area contributed by atoms with Crippen molar-refractivity contribution in [3.8, 4) is 0 Å². The van der Waals surface area contributed by atoms with E-state index in [0.717, 1.165) is 31.8 Å². The Labute approximate surface area is 136 Å². The summed E-state index contributed by atoms with van der Waals surface area (Å²) in [4.78, 5) is 16.3. The van der Waals surface area contributed by atoms with Gasteiger partial charge < -0.3 is 14.5 Å². The van der Waals surface area contributed by atoms with Crippen molar-refractivity contribution in [2.24, 2.45) is 5.92 Å². The molecule has 0 unspecified atom stereocenters. The molecule has 2 aliphatic rings. The molecule has 2 fully saturated rings. The highest BCUT2D eigenvalue weighted by Crippen LogP contribution is 2.21. The second kappa shape index (κ2) is 8.88. The molecule has 2 aliphatic heterocycles. The van der Waals surface area contributed by atoms with Gasteiger partial charge in [0.05, 0.1) is 12.2 Å². The van der Waals surface area contributed by atoms with Crippen molar-refractivity contribution in [2.45, 2.75) is 71.5 Å². The van der Waals surface area contributed by atoms with Crippen LogP contribution in [0, 0.1) is 5.92 Å². The number of carbonyl (C=O) groups excluding carboxylic acids is 1. The zero-order valence-corrected chi connectivity index (χ0v) is 14.7. The van der Waals surface area contributed by atoms with Crippen LogP contribution in [0.5, 0.6) is 0 Å². The van der Waals surface area contributed by atoms with Gasteiger partial charge in [-0.15, -0.1) is 0 Å². The largest absolute Gasteiger partial charge is 0.375 e. The Morgan fingerprint density at radius 2 is 1.59 bits per heavy atom. The summed E-state index contributed by atoms with van der Waals surface area (Å²) in [5.41, 5.74) is 0. The predicted molar refractivity (Wildman–Crippen MR) is 89.9 cm³/mol. The molecule has 0 radical (unpaired) electrons. The summed E-state index contributed by atoms with van der Waals surface area (Å²) in [6, 6.07) is 0. The van der Waals surface area contributed by atoms with Crippen molar-refractivity contribution in [3.05, 3.63) is 0 Å². The maximum atomic E-state index is 11.7. The van der Waals surface area contributed by atoms with Gasteiger partial charge in [-0.2, -0.15) is 0 Å². The quantitative estimate of drug-likeness (QED) is 0.756. The molecule has 0 spiro atoms. The maximum Gasteiger partial charge on any atom is 0.222 e. The van der Waals surface area contributed by atoms with E-state index >= 15 is 0 Å². The van der Waals surface area contributed by atoms with Crippen LogP contribution < -0.4 is 0 Å². The average molecular weight is 310 g/mol. The van der Waals surface area contributed by atoms with Gasteiger partial charge in [0, 0.05) is 32.6 Å². The molecule has 4 nitrogen and oxygen atoms in total. The molecule has 0 aliphatic carbocycles. The Morgan fingerprint density at radius 1 is 1.05 bits per heavy atom. The average Bonchev–Trinajstić information content (AvgIpc) is 2.54. The van der Waals surface area contributed by atoms with Gasteiger partial charge in [0.1, 0.15) is 0 Å². The monoisotopic (exact) mass is 310 g/mol. The Kier molecular flexibility index (Phi) is 7.16. The van der Waals surface area contributed by atoms with Crippen LogP contribution in [0.3, 0.4) is 0 Å². The van der Waals surface area contributed by atoms with E-state index < -0.39 is 0 Å². The molecule has 2 heterocycles. The van der Waals surface area contributed by atoms with E-state index in [2.05, 4.69) is 18.7 Å². The Hall–Kier alpha value is -0.610. The first-order chi connectivity index (χ1) is 10.6. The SMILES string of the molecule is CCC(=O)N1CCC(OC2CCN(CCC(C)C)CC2)CC1. The van der Waals surface area contributed by atoms with E-state index in [1.54, 1.807) is 0 Å². The minimum Gasteiger partial charge on any atom is -0.375 e. The van der Waals surface area contributed by atoms with Crippen LogP contribution in [0.2, 0.25) is 0 Å². The summed E-state index contributed by atoms with van der Waals surface area (Å²) in [7, 11) is 0. The Balaban J connectivity index is 1.62. The molecule has 0 bridgehead atoms. The summed E-state index contributed by atoms with van der Waals surface area (Å²) in [6.45, 7) is 11.9. The first-order valence-corrected chi connectivity index (χ1v) is 9.24. The summed E-state index contributed by atoms with van der Waals surface area (Å²) in [6.07, 6.45) is 7.11. The number of amides is 1. The number of hydrogen-bond donors (Lipinski definition) is 0. The number of rotatable bonds is 6. The van der Waals surface area contributed by atoms with Crippen LogP contribution in [0.4, 0.5) is 0 Å². The fourth-order valence-corrected chi connectivity index (χ4v) is 3.45. The van der Waals surface area contributed by atoms with Crippen LogP contribution in [-0.2, 0) is 9.53 Å². The third kappa shape index (κ3) is 5.54. The summed E-state index contributed by atoms with van der Waals surface area (Å²) < 4.78 is 6.30. The van der Waals surface area contributed by atoms with E-state index in [9.17, 15) is 4.79 Å². The summed E-state index contributed by atoms with van der Waals surface area (Å²) in [5, 5.41) is 0. The highest BCUT2D eigenvalue weighted by Gasteiger charge is 2.26. The van der Waals surface area contributed by atoms with Crippen LogP contribution in [0.1, 0.15) is 59.3 Å². The molecule has 0 aromatic heterocycles. The van der Waals surface area contributed by atoms with Crippen molar-refractivity contribution in [3.63, 3.8) is 0 Å². The Bertz CT molecular complexity index is 330. The van der Waals surface area contributed by atoms with Crippen LogP contribution in [-0.4, -0.2) is 60.6 Å². The predicted octanol–water partition coefficient (Wildman–Crippen LogP) is 2.91. The van der Waals surface area contributed by atoms with E-state index in [1.165, 1.54) is 38.9 Å². The van der Waals surface area contributed by atoms with Crippen molar-refractivity contribution in [1.29, 1.82) is 0 Å². The summed E-state index contributed by atoms with van der Waals surface area (Å²) in [5.74, 6) is 1.09. The van der Waals surface area contributed by atoms with Crippen LogP contribution in [0.25, 0.3) is 0 Å². The summed E-state index contributed by atoms with van der Waals surface area (Å²) >= 11 is 0. The van der Waals surface area contributed by atoms with E-state index in [0.29, 0.717) is 18.6 Å². The molecule has 0 atom stereocenters. The number of nitrogens with zero attached hydrogens (tertiary/aromatic N) is 2. The van der Waals surface area contributed by atoms with E-state index in [-0.39, 0.29) is 5.91 Å². The highest BCUT2D eigenvalue weighted by molar-refractivity contribution is 5.75. The van der Waals surface area contributed by atoms with Gasteiger partial charge >= 0.3 is 0 Å². The first kappa shape index (κ1) is 17.7. The third-order valence-electron chi connectivity index (χ3n) is 5.04. The Morgan fingerprint density at radius 3 is 2.09 bits per heavy atom. The zero-order valence-electron chi connectivity index (χ0n) is 14.7. The fraction of sp³-hybridized carbons (Fsp3) is 0.944. The molecule has 22 heavy (non-hydrogen) atoms. The van der Waals surface area contributed by atoms with Crippen molar-refractivity contribution >= 4 is 5.91 Å². The highest BCUT2D eigenvalue weighted by atomic mass is 16.5. The van der Waals surface area contributed by atoms with Crippen LogP contribution >= 0.6 is 0 Å². The lowest BCUT2D eigenvalue weighted by molar-refractivity contribution is -0.134. The van der Waals surface area contributed by atoms with Crippen molar-refractivity contribution < 1.29 is 9.53 Å². The number of piperidine rings is 2. The molecule has 2 rings (SSSR count). The molecule has 0 aromatic rings. The minimum atomic E-state index is 0.289.